The fourth-order valence-corrected chi connectivity index (χ4v) is 2.50. The molecule has 1 aromatic carbocycles. The van der Waals surface area contributed by atoms with Crippen LogP contribution in [0.15, 0.2) is 42.0 Å². The van der Waals surface area contributed by atoms with E-state index in [-0.39, 0.29) is 0 Å². The summed E-state index contributed by atoms with van der Waals surface area (Å²) in [5.74, 6) is 0. The van der Waals surface area contributed by atoms with Crippen molar-refractivity contribution in [2.45, 2.75) is 0 Å². The highest BCUT2D eigenvalue weighted by molar-refractivity contribution is 7.14. The van der Waals surface area contributed by atoms with Crippen LogP contribution >= 0.6 is 22.9 Å². The number of hydrogen-bond donors (Lipinski definition) is 1. The number of nitrogens with one attached hydrogen (secondary N) is 1. The monoisotopic (exact) mass is 261 g/mol. The van der Waals surface area contributed by atoms with Gasteiger partial charge in [0.05, 0.1) is 0 Å². The van der Waals surface area contributed by atoms with Crippen molar-refractivity contribution in [3.8, 4) is 0 Å². The first-order chi connectivity index (χ1) is 8.33. The fraction of sp³-hybridized carbons (Fsp3) is 0. The molecule has 0 saturated carbocycles. The van der Waals surface area contributed by atoms with Crippen LogP contribution in [0.1, 0.15) is 0 Å². The van der Waals surface area contributed by atoms with Crippen molar-refractivity contribution in [1.29, 1.82) is 0 Å². The van der Waals surface area contributed by atoms with Crippen molar-refractivity contribution in [2.24, 2.45) is 0 Å². The van der Waals surface area contributed by atoms with E-state index < -0.39 is 0 Å². The van der Waals surface area contributed by atoms with Gasteiger partial charge in [-0.05, 0) is 17.5 Å². The number of pyridine rings is 1. The first-order valence-electron chi connectivity index (χ1n) is 5.04. The molecule has 84 valence electrons. The quantitative estimate of drug-likeness (QED) is 0.755. The number of anilines is 2. The standard InChI is InChI=1S/C12H8ClN3S/c13-11-7-17-12(16-11)15-10-3-1-2-8-4-5-14-6-9(8)10/h1-7H,(H,15,16). The minimum Gasteiger partial charge on any atom is -0.331 e. The normalized spacial score (nSPS) is 10.6. The highest BCUT2D eigenvalue weighted by atomic mass is 35.5. The van der Waals surface area contributed by atoms with E-state index in [1.54, 1.807) is 11.6 Å². The van der Waals surface area contributed by atoms with Crippen LogP contribution in [-0.4, -0.2) is 9.97 Å². The molecule has 0 spiro atoms. The van der Waals surface area contributed by atoms with Crippen LogP contribution in [-0.2, 0) is 0 Å². The zero-order chi connectivity index (χ0) is 11.7. The Bertz CT molecular complexity index is 660. The highest BCUT2D eigenvalue weighted by Crippen LogP contribution is 2.28. The van der Waals surface area contributed by atoms with Gasteiger partial charge in [0.25, 0.3) is 0 Å². The third-order valence-corrected chi connectivity index (χ3v) is 3.48. The predicted molar refractivity (Wildman–Crippen MR) is 72.1 cm³/mol. The molecule has 0 aliphatic rings. The van der Waals surface area contributed by atoms with Gasteiger partial charge in [-0.2, -0.15) is 0 Å². The first-order valence-corrected chi connectivity index (χ1v) is 6.29. The molecule has 5 heteroatoms. The molecule has 1 N–H and O–H groups in total. The van der Waals surface area contributed by atoms with Crippen LogP contribution < -0.4 is 5.32 Å². The molecule has 0 aliphatic heterocycles. The van der Waals surface area contributed by atoms with Crippen LogP contribution in [0, 0.1) is 0 Å². The Kier molecular flexibility index (Phi) is 2.66. The smallest absolute Gasteiger partial charge is 0.188 e. The van der Waals surface area contributed by atoms with Crippen LogP contribution in [0.5, 0.6) is 0 Å². The molecule has 3 aromatic rings. The largest absolute Gasteiger partial charge is 0.331 e. The van der Waals surface area contributed by atoms with Gasteiger partial charge < -0.3 is 5.32 Å². The lowest BCUT2D eigenvalue weighted by atomic mass is 10.1. The topological polar surface area (TPSA) is 37.8 Å². The summed E-state index contributed by atoms with van der Waals surface area (Å²) < 4.78 is 0. The molecule has 0 fully saturated rings. The summed E-state index contributed by atoms with van der Waals surface area (Å²) in [5, 5.41) is 8.56. The molecule has 0 saturated heterocycles. The van der Waals surface area contributed by atoms with Gasteiger partial charge in [-0.25, -0.2) is 4.98 Å². The summed E-state index contributed by atoms with van der Waals surface area (Å²) in [4.78, 5) is 8.30. The van der Waals surface area contributed by atoms with Crippen LogP contribution in [0.25, 0.3) is 10.8 Å². The van der Waals surface area contributed by atoms with E-state index in [4.69, 9.17) is 11.6 Å². The maximum absolute atomic E-state index is 5.79. The molecule has 3 rings (SSSR count). The van der Waals surface area contributed by atoms with Crippen molar-refractivity contribution < 1.29 is 0 Å². The molecule has 17 heavy (non-hydrogen) atoms. The number of hydrogen-bond acceptors (Lipinski definition) is 4. The van der Waals surface area contributed by atoms with Gasteiger partial charge in [0.1, 0.15) is 5.15 Å². The summed E-state index contributed by atoms with van der Waals surface area (Å²) in [6.07, 6.45) is 3.62. The van der Waals surface area contributed by atoms with Gasteiger partial charge >= 0.3 is 0 Å². The third kappa shape index (κ3) is 2.09. The minimum absolute atomic E-state index is 0.510. The molecule has 0 amide bonds. The number of aromatic nitrogens is 2. The lowest BCUT2D eigenvalue weighted by molar-refractivity contribution is 1.36. The number of fused-ring (bicyclic) bond motifs is 1. The third-order valence-electron chi connectivity index (χ3n) is 2.40. The molecule has 0 radical (unpaired) electrons. The molecule has 0 bridgehead atoms. The number of halogens is 1. The summed E-state index contributed by atoms with van der Waals surface area (Å²) in [5.41, 5.74) is 0.988. The SMILES string of the molecule is Clc1csc(Nc2cccc3ccncc23)n1. The van der Waals surface area contributed by atoms with E-state index in [1.807, 2.05) is 24.4 Å². The fourth-order valence-electron chi connectivity index (χ4n) is 1.65. The van der Waals surface area contributed by atoms with Crippen LogP contribution in [0.2, 0.25) is 5.15 Å². The van der Waals surface area contributed by atoms with Crippen LogP contribution in [0.4, 0.5) is 10.8 Å². The minimum atomic E-state index is 0.510. The molecule has 3 nitrogen and oxygen atoms in total. The second kappa shape index (κ2) is 4.31. The van der Waals surface area contributed by atoms with Gasteiger partial charge in [0, 0.05) is 28.8 Å². The van der Waals surface area contributed by atoms with Crippen molar-refractivity contribution in [2.75, 3.05) is 5.32 Å². The average Bonchev–Trinajstić information content (AvgIpc) is 2.75. The van der Waals surface area contributed by atoms with Gasteiger partial charge in [0.2, 0.25) is 0 Å². The Balaban J connectivity index is 2.05. The molecular weight excluding hydrogens is 254 g/mol. The van der Waals surface area contributed by atoms with Crippen LogP contribution in [0.3, 0.4) is 0 Å². The summed E-state index contributed by atoms with van der Waals surface area (Å²) in [6, 6.07) is 8.03. The van der Waals surface area contributed by atoms with E-state index in [0.29, 0.717) is 5.15 Å². The summed E-state index contributed by atoms with van der Waals surface area (Å²) in [7, 11) is 0. The Hall–Kier alpha value is -1.65. The van der Waals surface area contributed by atoms with E-state index in [9.17, 15) is 0 Å². The van der Waals surface area contributed by atoms with E-state index in [2.05, 4.69) is 21.4 Å². The van der Waals surface area contributed by atoms with E-state index in [0.717, 1.165) is 21.6 Å². The maximum Gasteiger partial charge on any atom is 0.188 e. The lowest BCUT2D eigenvalue weighted by Gasteiger charge is -2.06. The number of nitrogens with zero attached hydrogens (tertiary/aromatic N) is 2. The average molecular weight is 262 g/mol. The molecule has 2 aromatic heterocycles. The Morgan fingerprint density at radius 3 is 3.00 bits per heavy atom. The molecule has 2 heterocycles. The maximum atomic E-state index is 5.79. The summed E-state index contributed by atoms with van der Waals surface area (Å²) >= 11 is 7.27. The first kappa shape index (κ1) is 10.5. The molecular formula is C12H8ClN3S. The summed E-state index contributed by atoms with van der Waals surface area (Å²) in [6.45, 7) is 0. The van der Waals surface area contributed by atoms with E-state index >= 15 is 0 Å². The molecule has 0 aliphatic carbocycles. The van der Waals surface area contributed by atoms with Gasteiger partial charge in [0.15, 0.2) is 5.13 Å². The zero-order valence-corrected chi connectivity index (χ0v) is 10.3. The lowest BCUT2D eigenvalue weighted by Crippen LogP contribution is -1.90. The van der Waals surface area contributed by atoms with Crippen molar-refractivity contribution in [3.05, 3.63) is 47.2 Å². The van der Waals surface area contributed by atoms with Crippen molar-refractivity contribution in [3.63, 3.8) is 0 Å². The second-order valence-electron chi connectivity index (χ2n) is 3.50. The van der Waals surface area contributed by atoms with Crippen molar-refractivity contribution in [1.82, 2.24) is 9.97 Å². The van der Waals surface area contributed by atoms with Gasteiger partial charge in [-0.1, -0.05) is 23.7 Å². The highest BCUT2D eigenvalue weighted by Gasteiger charge is 2.03. The Morgan fingerprint density at radius 2 is 2.18 bits per heavy atom. The molecule has 0 unspecified atom stereocenters. The Labute approximate surface area is 107 Å². The second-order valence-corrected chi connectivity index (χ2v) is 4.75. The van der Waals surface area contributed by atoms with Gasteiger partial charge in [-0.3, -0.25) is 4.98 Å². The zero-order valence-electron chi connectivity index (χ0n) is 8.72. The van der Waals surface area contributed by atoms with Crippen molar-refractivity contribution >= 4 is 44.5 Å². The predicted octanol–water partition coefficient (Wildman–Crippen LogP) is 4.09. The number of thiazole rings is 1. The number of rotatable bonds is 2. The number of benzene rings is 1. The van der Waals surface area contributed by atoms with Gasteiger partial charge in [-0.15, -0.1) is 11.3 Å². The molecule has 0 atom stereocenters. The van der Waals surface area contributed by atoms with E-state index in [1.165, 1.54) is 11.3 Å². The Morgan fingerprint density at radius 1 is 1.24 bits per heavy atom.